The quantitative estimate of drug-likeness (QED) is 0.257. The average Bonchev–Trinajstić information content (AvgIpc) is 2.97. The standard InChI is InChI=1S/C30H38N6O2.C2H6/c1-22(19-27-23(2)32-14-9-29(27)35(6)15-12-26(31-3)13-18-37)21-36-16-10-24(11-17-36)28-8-7-25(20-33-28)30(38)34(4)5;1-2/h7-10,12-15,18-20,31H,11,16-17,21H2,1-6H3;1-2H3/b15-12-,22-19+,26-13+;. The lowest BCUT2D eigenvalue weighted by atomic mass is 10.0. The van der Waals surface area contributed by atoms with Crippen LogP contribution in [0.4, 0.5) is 5.69 Å². The van der Waals surface area contributed by atoms with E-state index in [1.165, 1.54) is 17.2 Å². The van der Waals surface area contributed by atoms with Gasteiger partial charge in [0, 0.05) is 89.4 Å². The van der Waals surface area contributed by atoms with Gasteiger partial charge in [-0.25, -0.2) is 0 Å². The summed E-state index contributed by atoms with van der Waals surface area (Å²) in [5, 5.41) is 3.00. The van der Waals surface area contributed by atoms with Crippen molar-refractivity contribution < 1.29 is 9.59 Å². The first-order valence-electron chi connectivity index (χ1n) is 13.7. The molecule has 2 aromatic heterocycles. The van der Waals surface area contributed by atoms with Gasteiger partial charge in [-0.3, -0.25) is 24.5 Å². The molecule has 1 aliphatic rings. The van der Waals surface area contributed by atoms with Gasteiger partial charge in [-0.15, -0.1) is 0 Å². The molecule has 1 aliphatic heterocycles. The molecular weight excluding hydrogens is 500 g/mol. The van der Waals surface area contributed by atoms with Crippen molar-refractivity contribution in [1.82, 2.24) is 25.1 Å². The Morgan fingerprint density at radius 2 is 1.90 bits per heavy atom. The second-order valence-corrected chi connectivity index (χ2v) is 9.60. The molecule has 0 radical (unpaired) electrons. The van der Waals surface area contributed by atoms with E-state index >= 15 is 0 Å². The number of aldehydes is 1. The molecule has 1 N–H and O–H groups in total. The average molecular weight is 545 g/mol. The summed E-state index contributed by atoms with van der Waals surface area (Å²) in [6.45, 7) is 10.8. The molecule has 3 heterocycles. The number of allylic oxidation sites excluding steroid dienone is 2. The first-order valence-corrected chi connectivity index (χ1v) is 13.7. The fourth-order valence-electron chi connectivity index (χ4n) is 4.32. The van der Waals surface area contributed by atoms with Gasteiger partial charge in [-0.1, -0.05) is 31.6 Å². The number of pyridine rings is 2. The predicted octanol–water partition coefficient (Wildman–Crippen LogP) is 4.96. The summed E-state index contributed by atoms with van der Waals surface area (Å²) in [5.41, 5.74) is 7.81. The van der Waals surface area contributed by atoms with Crippen LogP contribution in [0.5, 0.6) is 0 Å². The van der Waals surface area contributed by atoms with Gasteiger partial charge in [0.25, 0.3) is 5.91 Å². The van der Waals surface area contributed by atoms with E-state index in [-0.39, 0.29) is 5.91 Å². The predicted molar refractivity (Wildman–Crippen MR) is 166 cm³/mol. The van der Waals surface area contributed by atoms with Crippen LogP contribution in [-0.2, 0) is 4.79 Å². The van der Waals surface area contributed by atoms with E-state index in [1.54, 1.807) is 32.2 Å². The van der Waals surface area contributed by atoms with E-state index in [1.807, 2.05) is 69.4 Å². The molecule has 40 heavy (non-hydrogen) atoms. The number of likely N-dealkylation sites (N-methyl/N-ethyl adjacent to an activating group) is 1. The molecule has 0 atom stereocenters. The highest BCUT2D eigenvalue weighted by Crippen LogP contribution is 2.26. The van der Waals surface area contributed by atoms with Crippen LogP contribution in [-0.4, -0.2) is 79.8 Å². The number of aromatic nitrogens is 2. The summed E-state index contributed by atoms with van der Waals surface area (Å²) in [5.74, 6) is -0.0400. The van der Waals surface area contributed by atoms with Crippen LogP contribution < -0.4 is 10.2 Å². The number of carbonyl (C=O) groups excluding carboxylic acids is 2. The van der Waals surface area contributed by atoms with Crippen LogP contribution in [0.2, 0.25) is 0 Å². The van der Waals surface area contributed by atoms with Gasteiger partial charge in [0.1, 0.15) is 6.29 Å². The largest absolute Gasteiger partial charge is 0.388 e. The Morgan fingerprint density at radius 1 is 1.15 bits per heavy atom. The molecule has 214 valence electrons. The SMILES string of the molecule is CC.CNC(/C=C\N(C)c1ccnc(C)c1/C=C(\C)CN1CC=C(c2ccc(C(=O)N(C)C)cn2)CC1)=C/C=O. The minimum Gasteiger partial charge on any atom is -0.388 e. The van der Waals surface area contributed by atoms with E-state index in [9.17, 15) is 9.59 Å². The van der Waals surface area contributed by atoms with Gasteiger partial charge in [-0.05, 0) is 50.1 Å². The van der Waals surface area contributed by atoms with Gasteiger partial charge in [0.05, 0.1) is 16.9 Å². The van der Waals surface area contributed by atoms with Crippen LogP contribution >= 0.6 is 0 Å². The lowest BCUT2D eigenvalue weighted by Crippen LogP contribution is -2.30. The van der Waals surface area contributed by atoms with Crippen molar-refractivity contribution in [2.45, 2.75) is 34.1 Å². The van der Waals surface area contributed by atoms with E-state index < -0.39 is 0 Å². The first-order chi connectivity index (χ1) is 19.2. The van der Waals surface area contributed by atoms with Crippen molar-refractivity contribution in [3.8, 4) is 0 Å². The second kappa shape index (κ2) is 16.2. The molecule has 0 aromatic carbocycles. The van der Waals surface area contributed by atoms with Gasteiger partial charge in [0.2, 0.25) is 0 Å². The van der Waals surface area contributed by atoms with E-state index in [0.29, 0.717) is 5.56 Å². The number of anilines is 1. The maximum Gasteiger partial charge on any atom is 0.254 e. The number of hydrogen-bond donors (Lipinski definition) is 1. The number of nitrogens with one attached hydrogen (secondary N) is 1. The van der Waals surface area contributed by atoms with Gasteiger partial charge in [0.15, 0.2) is 0 Å². The zero-order valence-corrected chi connectivity index (χ0v) is 25.2. The Bertz CT molecular complexity index is 1260. The number of hydrogen-bond acceptors (Lipinski definition) is 7. The smallest absolute Gasteiger partial charge is 0.254 e. The Kier molecular flexibility index (Phi) is 13.0. The summed E-state index contributed by atoms with van der Waals surface area (Å²) >= 11 is 0. The molecule has 3 rings (SSSR count). The lowest BCUT2D eigenvalue weighted by molar-refractivity contribution is -0.104. The molecule has 0 aliphatic carbocycles. The van der Waals surface area contributed by atoms with Crippen molar-refractivity contribution in [1.29, 1.82) is 0 Å². The van der Waals surface area contributed by atoms with Crippen molar-refractivity contribution >= 4 is 29.5 Å². The minimum absolute atomic E-state index is 0.0400. The topological polar surface area (TPSA) is 81.7 Å². The molecule has 0 fully saturated rings. The number of amides is 1. The lowest BCUT2D eigenvalue weighted by Gasteiger charge is -2.27. The third-order valence-electron chi connectivity index (χ3n) is 6.46. The summed E-state index contributed by atoms with van der Waals surface area (Å²) in [6.07, 6.45) is 14.9. The maximum atomic E-state index is 12.1. The number of carbonyl (C=O) groups is 2. The second-order valence-electron chi connectivity index (χ2n) is 9.60. The zero-order chi connectivity index (χ0) is 29.7. The molecule has 0 saturated carbocycles. The van der Waals surface area contributed by atoms with Gasteiger partial charge in [-0.2, -0.15) is 0 Å². The summed E-state index contributed by atoms with van der Waals surface area (Å²) in [6, 6.07) is 5.79. The van der Waals surface area contributed by atoms with Gasteiger partial charge < -0.3 is 15.1 Å². The molecule has 8 heteroatoms. The third kappa shape index (κ3) is 9.02. The fourth-order valence-corrected chi connectivity index (χ4v) is 4.32. The first kappa shape index (κ1) is 32.2. The number of aryl methyl sites for hydroxylation is 1. The third-order valence-corrected chi connectivity index (χ3v) is 6.46. The molecule has 0 spiro atoms. The van der Waals surface area contributed by atoms with Crippen molar-refractivity contribution in [3.05, 3.63) is 88.8 Å². The summed E-state index contributed by atoms with van der Waals surface area (Å²) in [7, 11) is 7.26. The Morgan fingerprint density at radius 3 is 2.48 bits per heavy atom. The monoisotopic (exact) mass is 544 g/mol. The normalized spacial score (nSPS) is 14.2. The molecule has 2 aromatic rings. The van der Waals surface area contributed by atoms with Crippen molar-refractivity contribution in [2.75, 3.05) is 52.7 Å². The van der Waals surface area contributed by atoms with Crippen LogP contribution in [0, 0.1) is 6.92 Å². The molecule has 8 nitrogen and oxygen atoms in total. The van der Waals surface area contributed by atoms with Crippen LogP contribution in [0.15, 0.2) is 66.3 Å². The highest BCUT2D eigenvalue weighted by Gasteiger charge is 2.16. The van der Waals surface area contributed by atoms with E-state index in [0.717, 1.165) is 60.7 Å². The van der Waals surface area contributed by atoms with E-state index in [2.05, 4.69) is 39.3 Å². The molecule has 0 bridgehead atoms. The van der Waals surface area contributed by atoms with Crippen molar-refractivity contribution in [3.63, 3.8) is 0 Å². The molecular formula is C32H44N6O2. The summed E-state index contributed by atoms with van der Waals surface area (Å²) < 4.78 is 0. The van der Waals surface area contributed by atoms with Crippen LogP contribution in [0.3, 0.4) is 0 Å². The zero-order valence-electron chi connectivity index (χ0n) is 25.2. The highest BCUT2D eigenvalue weighted by molar-refractivity contribution is 5.93. The maximum absolute atomic E-state index is 12.1. The fraction of sp³-hybridized carbons (Fsp3) is 0.375. The van der Waals surface area contributed by atoms with Gasteiger partial charge >= 0.3 is 0 Å². The van der Waals surface area contributed by atoms with Crippen LogP contribution in [0.1, 0.15) is 54.5 Å². The Labute approximate surface area is 239 Å². The Balaban J connectivity index is 0.00000274. The van der Waals surface area contributed by atoms with Crippen LogP contribution in [0.25, 0.3) is 11.6 Å². The minimum atomic E-state index is -0.0400. The molecule has 1 amide bonds. The Hall–Kier alpha value is -4.04. The molecule has 0 saturated heterocycles. The summed E-state index contributed by atoms with van der Waals surface area (Å²) in [4.78, 5) is 38.0. The van der Waals surface area contributed by atoms with E-state index in [4.69, 9.17) is 0 Å². The molecule has 0 unspecified atom stereocenters. The number of nitrogens with zero attached hydrogens (tertiary/aromatic N) is 5. The highest BCUT2D eigenvalue weighted by atomic mass is 16.2. The number of rotatable bonds is 10. The van der Waals surface area contributed by atoms with Crippen molar-refractivity contribution in [2.24, 2.45) is 0 Å².